The van der Waals surface area contributed by atoms with E-state index >= 15 is 0 Å². The van der Waals surface area contributed by atoms with Crippen molar-refractivity contribution in [2.45, 2.75) is 25.7 Å². The topological polar surface area (TPSA) is 90.5 Å². The molecule has 0 aliphatic rings. The van der Waals surface area contributed by atoms with Crippen LogP contribution in [-0.2, 0) is 19.5 Å². The molecule has 1 aromatic carbocycles. The van der Waals surface area contributed by atoms with Gasteiger partial charge in [-0.25, -0.2) is 9.67 Å². The first-order valence-electron chi connectivity index (χ1n) is 9.02. The first-order chi connectivity index (χ1) is 14.4. The normalized spacial score (nSPS) is 11.7. The van der Waals surface area contributed by atoms with Gasteiger partial charge in [0, 0.05) is 24.9 Å². The number of halogens is 3. The number of imidazole rings is 1. The molecule has 154 valence electrons. The molecule has 3 heterocycles. The van der Waals surface area contributed by atoms with Crippen LogP contribution < -0.4 is 5.32 Å². The minimum Gasteiger partial charge on any atom is -0.310 e. The number of fused-ring (bicyclic) bond motifs is 1. The van der Waals surface area contributed by atoms with Crippen molar-refractivity contribution in [1.29, 1.82) is 0 Å². The van der Waals surface area contributed by atoms with Gasteiger partial charge in [-0.15, -0.1) is 5.10 Å². The number of nitrogens with one attached hydrogen (secondary N) is 1. The van der Waals surface area contributed by atoms with Crippen molar-refractivity contribution in [3.8, 4) is 0 Å². The van der Waals surface area contributed by atoms with Crippen LogP contribution in [0.3, 0.4) is 0 Å². The molecule has 4 aromatic rings. The number of hydrogen-bond acceptors (Lipinski definition) is 5. The van der Waals surface area contributed by atoms with E-state index < -0.39 is 18.6 Å². The van der Waals surface area contributed by atoms with Gasteiger partial charge in [0.05, 0.1) is 17.2 Å². The summed E-state index contributed by atoms with van der Waals surface area (Å²) in [6, 6.07) is 13.0. The maximum atomic E-state index is 12.5. The van der Waals surface area contributed by atoms with Gasteiger partial charge in [-0.1, -0.05) is 23.4 Å². The number of hydrogen-bond donors (Lipinski definition) is 1. The molecule has 4 rings (SSSR count). The van der Waals surface area contributed by atoms with E-state index in [1.54, 1.807) is 6.20 Å². The quantitative estimate of drug-likeness (QED) is 0.523. The fourth-order valence-electron chi connectivity index (χ4n) is 3.00. The van der Waals surface area contributed by atoms with Crippen LogP contribution in [0.25, 0.3) is 11.0 Å². The Morgan fingerprint density at radius 3 is 2.67 bits per heavy atom. The van der Waals surface area contributed by atoms with Crippen LogP contribution >= 0.6 is 0 Å². The zero-order chi connectivity index (χ0) is 21.1. The lowest BCUT2D eigenvalue weighted by molar-refractivity contribution is -0.142. The highest BCUT2D eigenvalue weighted by Crippen LogP contribution is 2.21. The molecule has 0 aliphatic carbocycles. The van der Waals surface area contributed by atoms with Crippen molar-refractivity contribution < 1.29 is 18.0 Å². The van der Waals surface area contributed by atoms with Crippen LogP contribution in [0, 0.1) is 0 Å². The number of benzene rings is 1. The van der Waals surface area contributed by atoms with Crippen molar-refractivity contribution in [1.82, 2.24) is 29.5 Å². The molecule has 0 bridgehead atoms. The fourth-order valence-corrected chi connectivity index (χ4v) is 3.00. The first-order valence-corrected chi connectivity index (χ1v) is 9.02. The van der Waals surface area contributed by atoms with Crippen LogP contribution in [0.1, 0.15) is 16.2 Å². The van der Waals surface area contributed by atoms with Crippen molar-refractivity contribution in [2.75, 3.05) is 5.32 Å². The van der Waals surface area contributed by atoms with Gasteiger partial charge in [0.25, 0.3) is 5.91 Å². The van der Waals surface area contributed by atoms with E-state index in [9.17, 15) is 18.0 Å². The summed E-state index contributed by atoms with van der Waals surface area (Å²) in [6.45, 7) is -0.830. The van der Waals surface area contributed by atoms with Crippen LogP contribution in [0.2, 0.25) is 0 Å². The minimum absolute atomic E-state index is 0.234. The Hall–Kier alpha value is -3.76. The molecule has 0 fully saturated rings. The highest BCUT2D eigenvalue weighted by molar-refractivity contribution is 6.02. The molecule has 30 heavy (non-hydrogen) atoms. The summed E-state index contributed by atoms with van der Waals surface area (Å²) in [6.07, 6.45) is -1.20. The van der Waals surface area contributed by atoms with Crippen molar-refractivity contribution in [2.24, 2.45) is 0 Å². The van der Waals surface area contributed by atoms with Crippen LogP contribution in [0.5, 0.6) is 0 Å². The molecule has 0 saturated carbocycles. The van der Waals surface area contributed by atoms with Gasteiger partial charge in [0.15, 0.2) is 5.69 Å². The van der Waals surface area contributed by atoms with E-state index in [0.29, 0.717) is 23.2 Å². The maximum Gasteiger partial charge on any atom is 0.408 e. The predicted molar refractivity (Wildman–Crippen MR) is 102 cm³/mol. The summed E-state index contributed by atoms with van der Waals surface area (Å²) in [5, 5.41) is 9.51. The lowest BCUT2D eigenvalue weighted by Gasteiger charge is -2.09. The lowest BCUT2D eigenvalue weighted by atomic mass is 10.2. The fraction of sp³-hybridized carbons (Fsp3) is 0.211. The van der Waals surface area contributed by atoms with E-state index in [1.807, 2.05) is 47.0 Å². The number of nitrogens with zero attached hydrogens (tertiary/aromatic N) is 6. The molecule has 11 heteroatoms. The van der Waals surface area contributed by atoms with Gasteiger partial charge in [-0.2, -0.15) is 13.2 Å². The average molecular weight is 415 g/mol. The summed E-state index contributed by atoms with van der Waals surface area (Å²) in [7, 11) is 0. The highest BCUT2D eigenvalue weighted by Gasteiger charge is 2.29. The molecule has 3 aromatic heterocycles. The summed E-state index contributed by atoms with van der Waals surface area (Å²) in [5.41, 5.74) is 2.13. The largest absolute Gasteiger partial charge is 0.408 e. The van der Waals surface area contributed by atoms with Crippen LogP contribution in [0.15, 0.2) is 54.9 Å². The van der Waals surface area contributed by atoms with Crippen LogP contribution in [-0.4, -0.2) is 41.6 Å². The second-order valence-corrected chi connectivity index (χ2v) is 6.52. The Morgan fingerprint density at radius 2 is 1.90 bits per heavy atom. The summed E-state index contributed by atoms with van der Waals surface area (Å²) >= 11 is 0. The van der Waals surface area contributed by atoms with E-state index in [2.05, 4.69) is 25.6 Å². The molecular weight excluding hydrogens is 399 g/mol. The molecule has 0 saturated heterocycles. The Labute approximate surface area is 168 Å². The molecule has 0 atom stereocenters. The zero-order valence-electron chi connectivity index (χ0n) is 15.5. The zero-order valence-corrected chi connectivity index (χ0v) is 15.5. The van der Waals surface area contributed by atoms with Gasteiger partial charge in [-0.3, -0.25) is 15.1 Å². The second kappa shape index (κ2) is 7.93. The Balaban J connectivity index is 1.57. The van der Waals surface area contributed by atoms with E-state index in [0.717, 1.165) is 17.4 Å². The molecular formula is C19H16F3N7O. The molecule has 0 aliphatic heterocycles. The molecule has 1 N–H and O–H groups in total. The molecule has 0 radical (unpaired) electrons. The maximum absolute atomic E-state index is 12.5. The number of carbonyl (C=O) groups excluding carboxylic acids is 1. The second-order valence-electron chi connectivity index (χ2n) is 6.52. The number of amides is 1. The van der Waals surface area contributed by atoms with E-state index in [4.69, 9.17) is 0 Å². The van der Waals surface area contributed by atoms with E-state index in [-0.39, 0.29) is 11.6 Å². The van der Waals surface area contributed by atoms with Crippen LogP contribution in [0.4, 0.5) is 19.1 Å². The number of alkyl halides is 3. The van der Waals surface area contributed by atoms with E-state index in [1.165, 1.54) is 0 Å². The summed E-state index contributed by atoms with van der Waals surface area (Å²) in [4.78, 5) is 21.2. The third-order valence-electron chi connectivity index (χ3n) is 4.31. The molecule has 8 nitrogen and oxygen atoms in total. The number of aryl methyl sites for hydroxylation is 2. The summed E-state index contributed by atoms with van der Waals surface area (Å²) < 4.78 is 39.9. The smallest absolute Gasteiger partial charge is 0.310 e. The monoisotopic (exact) mass is 415 g/mol. The minimum atomic E-state index is -4.46. The van der Waals surface area contributed by atoms with Gasteiger partial charge in [-0.05, 0) is 24.3 Å². The van der Waals surface area contributed by atoms with Gasteiger partial charge in [0.1, 0.15) is 6.54 Å². The number of para-hydroxylation sites is 2. The van der Waals surface area contributed by atoms with Gasteiger partial charge < -0.3 is 4.57 Å². The standard InChI is InChI=1S/C19H16F3N7O/c20-19(21,22)12-28-11-15(26-27-28)17(30)25-18-24-14-6-1-2-7-16(14)29(18)10-8-13-5-3-4-9-23-13/h1-7,9,11H,8,10,12H2,(H,24,25,30). The third-order valence-corrected chi connectivity index (χ3v) is 4.31. The predicted octanol–water partition coefficient (Wildman–Crippen LogP) is 3.08. The SMILES string of the molecule is O=C(Nc1nc2ccccc2n1CCc1ccccn1)c1cn(CC(F)(F)F)nn1. The van der Waals surface area contributed by atoms with Crippen molar-refractivity contribution in [3.63, 3.8) is 0 Å². The van der Waals surface area contributed by atoms with Gasteiger partial charge >= 0.3 is 6.18 Å². The number of aromatic nitrogens is 6. The molecule has 0 spiro atoms. The summed E-state index contributed by atoms with van der Waals surface area (Å²) in [5.74, 6) is -0.430. The number of anilines is 1. The number of pyridine rings is 1. The highest BCUT2D eigenvalue weighted by atomic mass is 19.4. The van der Waals surface area contributed by atoms with Gasteiger partial charge in [0.2, 0.25) is 5.95 Å². The Morgan fingerprint density at radius 1 is 1.10 bits per heavy atom. The molecule has 1 amide bonds. The number of carbonyl (C=O) groups is 1. The molecule has 0 unspecified atom stereocenters. The average Bonchev–Trinajstić information content (AvgIpc) is 3.30. The third kappa shape index (κ3) is 4.45. The first kappa shape index (κ1) is 19.6. The Kier molecular flexibility index (Phi) is 5.17. The number of rotatable bonds is 6. The van der Waals surface area contributed by atoms with Crippen molar-refractivity contribution >= 4 is 22.9 Å². The Bertz CT molecular complexity index is 1170. The van der Waals surface area contributed by atoms with Crippen molar-refractivity contribution in [3.05, 3.63) is 66.2 Å². The lowest BCUT2D eigenvalue weighted by Crippen LogP contribution is -2.18.